The van der Waals surface area contributed by atoms with Crippen molar-refractivity contribution in [3.8, 4) is 0 Å². The highest BCUT2D eigenvalue weighted by atomic mass is 19.1. The summed E-state index contributed by atoms with van der Waals surface area (Å²) in [6.07, 6.45) is 2.13. The van der Waals surface area contributed by atoms with Crippen LogP contribution in [0.5, 0.6) is 0 Å². The number of carbonyl (C=O) groups excluding carboxylic acids is 3. The van der Waals surface area contributed by atoms with E-state index in [2.05, 4.69) is 15.6 Å². The van der Waals surface area contributed by atoms with E-state index in [1.807, 2.05) is 30.5 Å². The highest BCUT2D eigenvalue weighted by Crippen LogP contribution is 2.21. The monoisotopic (exact) mass is 394 g/mol. The predicted octanol–water partition coefficient (Wildman–Crippen LogP) is 2.72. The van der Waals surface area contributed by atoms with Gasteiger partial charge in [-0.05, 0) is 36.2 Å². The Hall–Kier alpha value is -3.68. The molecule has 148 valence electrons. The fraction of sp³-hybridized carbons (Fsp3) is 0.190. The van der Waals surface area contributed by atoms with Gasteiger partial charge >= 0.3 is 6.03 Å². The number of nitrogens with one attached hydrogen (secondary N) is 3. The second-order valence-corrected chi connectivity index (χ2v) is 7.00. The molecule has 0 aliphatic carbocycles. The minimum Gasteiger partial charge on any atom is -0.361 e. The van der Waals surface area contributed by atoms with Crippen LogP contribution in [0.1, 0.15) is 11.1 Å². The van der Waals surface area contributed by atoms with Crippen molar-refractivity contribution in [2.24, 2.45) is 0 Å². The number of para-hydroxylation sites is 1. The van der Waals surface area contributed by atoms with Gasteiger partial charge in [-0.3, -0.25) is 14.5 Å². The van der Waals surface area contributed by atoms with E-state index in [4.69, 9.17) is 0 Å². The zero-order valence-corrected chi connectivity index (χ0v) is 15.7. The molecule has 3 aromatic rings. The number of hydrogen-bond donors (Lipinski definition) is 3. The number of nitrogens with zero attached hydrogens (tertiary/aromatic N) is 1. The van der Waals surface area contributed by atoms with Crippen molar-refractivity contribution in [3.63, 3.8) is 0 Å². The summed E-state index contributed by atoms with van der Waals surface area (Å²) >= 11 is 0. The van der Waals surface area contributed by atoms with Gasteiger partial charge in [0.25, 0.3) is 5.91 Å². The Morgan fingerprint density at radius 1 is 1.21 bits per heavy atom. The van der Waals surface area contributed by atoms with Gasteiger partial charge in [0.2, 0.25) is 5.91 Å². The first-order chi connectivity index (χ1) is 13.9. The van der Waals surface area contributed by atoms with Crippen LogP contribution in [0.4, 0.5) is 14.9 Å². The van der Waals surface area contributed by atoms with Crippen LogP contribution in [0.3, 0.4) is 0 Å². The van der Waals surface area contributed by atoms with Crippen molar-refractivity contribution in [1.82, 2.24) is 15.2 Å². The molecular formula is C21H19FN4O3. The summed E-state index contributed by atoms with van der Waals surface area (Å²) in [5.41, 5.74) is 2.83. The molecule has 4 amide bonds. The number of amides is 4. The van der Waals surface area contributed by atoms with E-state index in [0.717, 1.165) is 21.4 Å². The third-order valence-electron chi connectivity index (χ3n) is 4.98. The number of urea groups is 1. The Balaban J connectivity index is 1.44. The molecule has 1 aromatic heterocycles. The van der Waals surface area contributed by atoms with Crippen molar-refractivity contribution in [2.75, 3.05) is 11.9 Å². The van der Waals surface area contributed by atoms with Crippen LogP contribution in [0.25, 0.3) is 10.9 Å². The SMILES string of the molecule is Cc1ccc(F)cc1NC(=O)CN1C(=O)N[C@H](Cc2c[nH]c3ccccc23)C1=O. The maximum atomic E-state index is 13.4. The van der Waals surface area contributed by atoms with Gasteiger partial charge in [-0.25, -0.2) is 9.18 Å². The number of hydrogen-bond acceptors (Lipinski definition) is 3. The summed E-state index contributed by atoms with van der Waals surface area (Å²) < 4.78 is 13.4. The Kier molecular flexibility index (Phi) is 4.75. The molecule has 0 unspecified atom stereocenters. The average Bonchev–Trinajstić information content (AvgIpc) is 3.21. The van der Waals surface area contributed by atoms with Crippen molar-refractivity contribution in [1.29, 1.82) is 0 Å². The number of aromatic amines is 1. The summed E-state index contributed by atoms with van der Waals surface area (Å²) in [5.74, 6) is -1.53. The van der Waals surface area contributed by atoms with Crippen LogP contribution in [-0.4, -0.2) is 40.3 Å². The fourth-order valence-electron chi connectivity index (χ4n) is 3.45. The van der Waals surface area contributed by atoms with Crippen LogP contribution < -0.4 is 10.6 Å². The Labute approximate surface area is 165 Å². The topological polar surface area (TPSA) is 94.3 Å². The van der Waals surface area contributed by atoms with Crippen LogP contribution in [0.15, 0.2) is 48.7 Å². The number of benzene rings is 2. The zero-order valence-electron chi connectivity index (χ0n) is 15.7. The molecular weight excluding hydrogens is 375 g/mol. The van der Waals surface area contributed by atoms with Crippen LogP contribution in [0.2, 0.25) is 0 Å². The van der Waals surface area contributed by atoms with Gasteiger partial charge < -0.3 is 15.6 Å². The Morgan fingerprint density at radius 2 is 2.00 bits per heavy atom. The van der Waals surface area contributed by atoms with E-state index in [1.54, 1.807) is 6.92 Å². The lowest BCUT2D eigenvalue weighted by Crippen LogP contribution is -2.38. The number of imide groups is 1. The van der Waals surface area contributed by atoms with Crippen molar-refractivity contribution < 1.29 is 18.8 Å². The third-order valence-corrected chi connectivity index (χ3v) is 4.98. The average molecular weight is 394 g/mol. The number of carbonyl (C=O) groups is 3. The minimum absolute atomic E-state index is 0.303. The quantitative estimate of drug-likeness (QED) is 0.581. The summed E-state index contributed by atoms with van der Waals surface area (Å²) in [4.78, 5) is 41.2. The van der Waals surface area contributed by atoms with Gasteiger partial charge in [0, 0.05) is 29.2 Å². The van der Waals surface area contributed by atoms with E-state index >= 15 is 0 Å². The molecule has 29 heavy (non-hydrogen) atoms. The van der Waals surface area contributed by atoms with Gasteiger partial charge in [-0.15, -0.1) is 0 Å². The molecule has 0 bridgehead atoms. The molecule has 1 aliphatic heterocycles. The van der Waals surface area contributed by atoms with E-state index < -0.39 is 36.2 Å². The minimum atomic E-state index is -0.745. The number of aromatic nitrogens is 1. The Morgan fingerprint density at radius 3 is 2.83 bits per heavy atom. The van der Waals surface area contributed by atoms with Crippen LogP contribution in [0, 0.1) is 12.7 Å². The van der Waals surface area contributed by atoms with Gasteiger partial charge in [0.1, 0.15) is 18.4 Å². The smallest absolute Gasteiger partial charge is 0.325 e. The van der Waals surface area contributed by atoms with Crippen LogP contribution in [-0.2, 0) is 16.0 Å². The molecule has 4 rings (SSSR count). The summed E-state index contributed by atoms with van der Waals surface area (Å²) in [5, 5.41) is 6.15. The van der Waals surface area contributed by atoms with E-state index in [9.17, 15) is 18.8 Å². The van der Waals surface area contributed by atoms with Crippen LogP contribution >= 0.6 is 0 Å². The number of fused-ring (bicyclic) bond motifs is 1. The molecule has 0 saturated carbocycles. The van der Waals surface area contributed by atoms with E-state index in [0.29, 0.717) is 17.7 Å². The lowest BCUT2D eigenvalue weighted by atomic mass is 10.1. The first-order valence-corrected chi connectivity index (χ1v) is 9.15. The van der Waals surface area contributed by atoms with Gasteiger partial charge in [-0.1, -0.05) is 24.3 Å². The second-order valence-electron chi connectivity index (χ2n) is 7.00. The molecule has 3 N–H and O–H groups in total. The van der Waals surface area contributed by atoms with Gasteiger partial charge in [0.15, 0.2) is 0 Å². The molecule has 7 nitrogen and oxygen atoms in total. The van der Waals surface area contributed by atoms with Crippen molar-refractivity contribution >= 4 is 34.4 Å². The number of aryl methyl sites for hydroxylation is 1. The maximum absolute atomic E-state index is 13.4. The van der Waals surface area contributed by atoms with Gasteiger partial charge in [-0.2, -0.15) is 0 Å². The number of halogens is 1. The molecule has 1 aliphatic rings. The van der Waals surface area contributed by atoms with Gasteiger partial charge in [0.05, 0.1) is 0 Å². The first-order valence-electron chi connectivity index (χ1n) is 9.15. The van der Waals surface area contributed by atoms with E-state index in [1.165, 1.54) is 18.2 Å². The highest BCUT2D eigenvalue weighted by Gasteiger charge is 2.39. The predicted molar refractivity (Wildman–Crippen MR) is 106 cm³/mol. The Bertz CT molecular complexity index is 1120. The number of H-pyrrole nitrogens is 1. The molecule has 2 heterocycles. The van der Waals surface area contributed by atoms with E-state index in [-0.39, 0.29) is 0 Å². The van der Waals surface area contributed by atoms with Crippen molar-refractivity contribution in [3.05, 3.63) is 65.6 Å². The molecule has 1 atom stereocenters. The summed E-state index contributed by atoms with van der Waals surface area (Å²) in [7, 11) is 0. The third kappa shape index (κ3) is 3.69. The molecule has 1 fully saturated rings. The lowest BCUT2D eigenvalue weighted by molar-refractivity contribution is -0.130. The number of rotatable bonds is 5. The number of anilines is 1. The lowest BCUT2D eigenvalue weighted by Gasteiger charge is -2.14. The summed E-state index contributed by atoms with van der Waals surface area (Å²) in [6.45, 7) is 1.28. The molecule has 1 saturated heterocycles. The van der Waals surface area contributed by atoms with Crippen molar-refractivity contribution in [2.45, 2.75) is 19.4 Å². The molecule has 0 spiro atoms. The standard InChI is InChI=1S/C21H19FN4O3/c1-12-6-7-14(22)9-17(12)24-19(27)11-26-20(28)18(25-21(26)29)8-13-10-23-16-5-3-2-4-15(13)16/h2-7,9-10,18,23H,8,11H2,1H3,(H,24,27)(H,25,29)/t18-/m1/s1. The first kappa shape index (κ1) is 18.7. The largest absolute Gasteiger partial charge is 0.361 e. The highest BCUT2D eigenvalue weighted by molar-refractivity contribution is 6.08. The normalized spacial score (nSPS) is 16.3. The zero-order chi connectivity index (χ0) is 20.5. The summed E-state index contributed by atoms with van der Waals surface area (Å²) in [6, 6.07) is 10.3. The molecule has 0 radical (unpaired) electrons. The fourth-order valence-corrected chi connectivity index (χ4v) is 3.45. The second kappa shape index (κ2) is 7.38. The molecule has 2 aromatic carbocycles. The maximum Gasteiger partial charge on any atom is 0.325 e. The molecule has 8 heteroatoms.